The van der Waals surface area contributed by atoms with Gasteiger partial charge in [-0.05, 0) is 25.7 Å². The van der Waals surface area contributed by atoms with Crippen molar-refractivity contribution in [3.8, 4) is 0 Å². The van der Waals surface area contributed by atoms with Gasteiger partial charge in [0.15, 0.2) is 5.82 Å². The minimum absolute atomic E-state index is 0.121. The van der Waals surface area contributed by atoms with Crippen LogP contribution in [0.3, 0.4) is 0 Å². The molecule has 2 atom stereocenters. The molecule has 1 aromatic rings. The molecule has 3 fully saturated rings. The average Bonchev–Trinajstić information content (AvgIpc) is 3.19. The molecule has 2 amide bonds. The van der Waals surface area contributed by atoms with Crippen LogP contribution in [0.4, 0.5) is 0 Å². The largest absolute Gasteiger partial charge is 0.342 e. The van der Waals surface area contributed by atoms with Crippen LogP contribution in [0.1, 0.15) is 56.7 Å². The summed E-state index contributed by atoms with van der Waals surface area (Å²) in [5, 5.41) is 4.07. The number of piperidine rings is 1. The molecular formula is C17H24N4O3. The van der Waals surface area contributed by atoms with Crippen LogP contribution in [-0.4, -0.2) is 57.4 Å². The molecule has 3 aliphatic rings. The summed E-state index contributed by atoms with van der Waals surface area (Å²) in [6.45, 7) is 3.99. The lowest BCUT2D eigenvalue weighted by Crippen LogP contribution is -2.43. The van der Waals surface area contributed by atoms with Crippen molar-refractivity contribution in [2.45, 2.75) is 57.4 Å². The minimum atomic E-state index is -0.173. The molecule has 0 unspecified atom stereocenters. The highest BCUT2D eigenvalue weighted by Crippen LogP contribution is 2.34. The molecule has 4 rings (SSSR count). The molecule has 24 heavy (non-hydrogen) atoms. The van der Waals surface area contributed by atoms with Gasteiger partial charge < -0.3 is 14.3 Å². The highest BCUT2D eigenvalue weighted by molar-refractivity contribution is 5.89. The van der Waals surface area contributed by atoms with E-state index >= 15 is 0 Å². The van der Waals surface area contributed by atoms with Crippen LogP contribution in [0.25, 0.3) is 0 Å². The maximum atomic E-state index is 12.9. The predicted octanol–water partition coefficient (Wildman–Crippen LogP) is 1.35. The van der Waals surface area contributed by atoms with Crippen LogP contribution in [0, 0.1) is 5.92 Å². The normalized spacial score (nSPS) is 27.8. The van der Waals surface area contributed by atoms with Gasteiger partial charge in [0, 0.05) is 44.4 Å². The maximum Gasteiger partial charge on any atom is 0.228 e. The molecule has 0 aromatic carbocycles. The second-order valence-corrected chi connectivity index (χ2v) is 7.20. The number of hydrogen-bond acceptors (Lipinski definition) is 5. The zero-order valence-corrected chi connectivity index (χ0v) is 14.1. The van der Waals surface area contributed by atoms with Gasteiger partial charge in [-0.1, -0.05) is 12.1 Å². The first kappa shape index (κ1) is 15.6. The van der Waals surface area contributed by atoms with Gasteiger partial charge in [-0.25, -0.2) is 0 Å². The quantitative estimate of drug-likeness (QED) is 0.831. The van der Waals surface area contributed by atoms with Gasteiger partial charge >= 0.3 is 0 Å². The number of carbonyl (C=O) groups excluding carboxylic acids is 2. The summed E-state index contributed by atoms with van der Waals surface area (Å²) in [5.74, 6) is 1.60. The van der Waals surface area contributed by atoms with E-state index in [1.54, 1.807) is 0 Å². The Hall–Kier alpha value is -1.92. The summed E-state index contributed by atoms with van der Waals surface area (Å²) in [6, 6.07) is 0.399. The lowest BCUT2D eigenvalue weighted by molar-refractivity contribution is -0.137. The molecule has 1 saturated carbocycles. The van der Waals surface area contributed by atoms with Gasteiger partial charge in [-0.3, -0.25) is 9.59 Å². The van der Waals surface area contributed by atoms with Crippen LogP contribution in [0.5, 0.6) is 0 Å². The van der Waals surface area contributed by atoms with E-state index in [2.05, 4.69) is 10.1 Å². The van der Waals surface area contributed by atoms with E-state index in [0.29, 0.717) is 37.3 Å². The first-order valence-electron chi connectivity index (χ1n) is 9.06. The average molecular weight is 332 g/mol. The summed E-state index contributed by atoms with van der Waals surface area (Å²) < 4.78 is 5.21. The molecule has 2 aliphatic heterocycles. The third-order valence-electron chi connectivity index (χ3n) is 5.38. The number of amides is 2. The standard InChI is InChI=1S/C17H24N4O3/c1-2-14-18-16(19-24-14)11-4-3-7-20(9-11)17(23)12-8-15(22)21(10-12)13-5-6-13/h11-13H,2-10H2,1H3/t11-,12-/m1/s1. The Morgan fingerprint density at radius 1 is 1.29 bits per heavy atom. The van der Waals surface area contributed by atoms with E-state index in [1.165, 1.54) is 0 Å². The molecule has 0 radical (unpaired) electrons. The lowest BCUT2D eigenvalue weighted by Gasteiger charge is -2.33. The number of carbonyl (C=O) groups is 2. The van der Waals surface area contributed by atoms with Crippen molar-refractivity contribution in [3.05, 3.63) is 11.7 Å². The fraction of sp³-hybridized carbons (Fsp3) is 0.765. The highest BCUT2D eigenvalue weighted by atomic mass is 16.5. The van der Waals surface area contributed by atoms with Crippen LogP contribution in [-0.2, 0) is 16.0 Å². The van der Waals surface area contributed by atoms with E-state index in [-0.39, 0.29) is 23.7 Å². The minimum Gasteiger partial charge on any atom is -0.342 e. The van der Waals surface area contributed by atoms with Crippen molar-refractivity contribution in [1.29, 1.82) is 0 Å². The molecule has 7 heteroatoms. The van der Waals surface area contributed by atoms with Crippen molar-refractivity contribution in [3.63, 3.8) is 0 Å². The van der Waals surface area contributed by atoms with Gasteiger partial charge in [-0.15, -0.1) is 0 Å². The molecule has 1 aliphatic carbocycles. The molecule has 3 heterocycles. The van der Waals surface area contributed by atoms with Crippen molar-refractivity contribution < 1.29 is 14.1 Å². The Labute approximate surface area is 141 Å². The number of aryl methyl sites for hydroxylation is 1. The molecule has 130 valence electrons. The Morgan fingerprint density at radius 2 is 2.12 bits per heavy atom. The lowest BCUT2D eigenvalue weighted by atomic mass is 9.95. The smallest absolute Gasteiger partial charge is 0.228 e. The molecule has 0 N–H and O–H groups in total. The highest BCUT2D eigenvalue weighted by Gasteiger charge is 2.43. The van der Waals surface area contributed by atoms with Crippen LogP contribution < -0.4 is 0 Å². The van der Waals surface area contributed by atoms with Crippen LogP contribution in [0.15, 0.2) is 4.52 Å². The van der Waals surface area contributed by atoms with Crippen LogP contribution in [0.2, 0.25) is 0 Å². The van der Waals surface area contributed by atoms with Crippen molar-refractivity contribution >= 4 is 11.8 Å². The van der Waals surface area contributed by atoms with E-state index in [1.807, 2.05) is 16.7 Å². The van der Waals surface area contributed by atoms with E-state index in [0.717, 1.165) is 38.6 Å². The number of hydrogen-bond donors (Lipinski definition) is 0. The first-order valence-corrected chi connectivity index (χ1v) is 9.06. The second kappa shape index (κ2) is 6.18. The Balaban J connectivity index is 1.40. The summed E-state index contributed by atoms with van der Waals surface area (Å²) in [4.78, 5) is 33.2. The van der Waals surface area contributed by atoms with Gasteiger partial charge in [0.25, 0.3) is 0 Å². The first-order chi connectivity index (χ1) is 11.7. The van der Waals surface area contributed by atoms with E-state index in [4.69, 9.17) is 4.52 Å². The fourth-order valence-corrected chi connectivity index (χ4v) is 3.86. The van der Waals surface area contributed by atoms with E-state index in [9.17, 15) is 9.59 Å². The number of likely N-dealkylation sites (tertiary alicyclic amines) is 2. The van der Waals surface area contributed by atoms with Crippen molar-refractivity contribution in [2.24, 2.45) is 5.92 Å². The third-order valence-corrected chi connectivity index (χ3v) is 5.38. The molecule has 7 nitrogen and oxygen atoms in total. The molecule has 1 aromatic heterocycles. The van der Waals surface area contributed by atoms with Gasteiger partial charge in [-0.2, -0.15) is 4.98 Å². The summed E-state index contributed by atoms with van der Waals surface area (Å²) in [5.41, 5.74) is 0. The Bertz CT molecular complexity index is 640. The molecule has 2 saturated heterocycles. The SMILES string of the molecule is CCc1nc([C@@H]2CCCN(C(=O)[C@@H]3CC(=O)N(C4CC4)C3)C2)no1. The number of nitrogens with zero attached hydrogens (tertiary/aromatic N) is 4. The Kier molecular flexibility index (Phi) is 4.02. The number of rotatable bonds is 4. The monoisotopic (exact) mass is 332 g/mol. The summed E-state index contributed by atoms with van der Waals surface area (Å²) >= 11 is 0. The topological polar surface area (TPSA) is 79.5 Å². The molecular weight excluding hydrogens is 308 g/mol. The van der Waals surface area contributed by atoms with Gasteiger partial charge in [0.1, 0.15) is 0 Å². The third kappa shape index (κ3) is 2.91. The summed E-state index contributed by atoms with van der Waals surface area (Å²) in [6.07, 6.45) is 5.21. The van der Waals surface area contributed by atoms with Crippen molar-refractivity contribution in [1.82, 2.24) is 19.9 Å². The maximum absolute atomic E-state index is 12.9. The number of aromatic nitrogens is 2. The second-order valence-electron chi connectivity index (χ2n) is 7.20. The molecule has 0 spiro atoms. The zero-order chi connectivity index (χ0) is 16.7. The van der Waals surface area contributed by atoms with Crippen LogP contribution >= 0.6 is 0 Å². The Morgan fingerprint density at radius 3 is 2.83 bits per heavy atom. The fourth-order valence-electron chi connectivity index (χ4n) is 3.86. The zero-order valence-electron chi connectivity index (χ0n) is 14.1. The van der Waals surface area contributed by atoms with Crippen molar-refractivity contribution in [2.75, 3.05) is 19.6 Å². The van der Waals surface area contributed by atoms with E-state index < -0.39 is 0 Å². The van der Waals surface area contributed by atoms with Gasteiger partial charge in [0.2, 0.25) is 17.7 Å². The summed E-state index contributed by atoms with van der Waals surface area (Å²) in [7, 11) is 0. The predicted molar refractivity (Wildman–Crippen MR) is 85.1 cm³/mol. The van der Waals surface area contributed by atoms with Gasteiger partial charge in [0.05, 0.1) is 5.92 Å². The molecule has 0 bridgehead atoms.